The van der Waals surface area contributed by atoms with E-state index in [1.165, 1.54) is 6.07 Å². The first-order valence-electron chi connectivity index (χ1n) is 6.04. The summed E-state index contributed by atoms with van der Waals surface area (Å²) in [6, 6.07) is 3.94. The molecule has 6 nitrogen and oxygen atoms in total. The fraction of sp³-hybridized carbons (Fsp3) is 0.385. The second-order valence-electron chi connectivity index (χ2n) is 4.20. The molecule has 1 aromatic rings. The Kier molecular flexibility index (Phi) is 6.63. The monoisotopic (exact) mass is 344 g/mol. The van der Waals surface area contributed by atoms with E-state index < -0.39 is 17.9 Å². The second-order valence-corrected chi connectivity index (χ2v) is 5.05. The maximum Gasteiger partial charge on any atom is 0.337 e. The summed E-state index contributed by atoms with van der Waals surface area (Å²) < 4.78 is 5.38. The number of nitrogens with two attached hydrogens (primary N) is 1. The molecule has 0 aromatic heterocycles. The summed E-state index contributed by atoms with van der Waals surface area (Å²) in [6.45, 7) is 0.524. The van der Waals surface area contributed by atoms with Gasteiger partial charge in [-0.05, 0) is 40.9 Å². The number of ether oxygens (including phenoxy) is 1. The van der Waals surface area contributed by atoms with Crippen molar-refractivity contribution in [2.75, 3.05) is 19.0 Å². The number of carbonyl (C=O) groups is 2. The predicted octanol–water partition coefficient (Wildman–Crippen LogP) is 1.84. The standard InChI is InChI=1S/C13H17BrN2O4/c1-20-7-3-6-10(15)12(17)16-11-8(13(18)19)4-2-5-9(11)14/h2,4-5,10H,3,6-7,15H2,1H3,(H,16,17)(H,18,19). The zero-order valence-electron chi connectivity index (χ0n) is 11.1. The van der Waals surface area contributed by atoms with Gasteiger partial charge in [0.15, 0.2) is 0 Å². The number of carboxylic acid groups (broad SMARTS) is 1. The van der Waals surface area contributed by atoms with Crippen molar-refractivity contribution in [1.82, 2.24) is 0 Å². The lowest BCUT2D eigenvalue weighted by Crippen LogP contribution is -2.36. The van der Waals surface area contributed by atoms with Crippen molar-refractivity contribution in [1.29, 1.82) is 0 Å². The minimum absolute atomic E-state index is 0.0109. The lowest BCUT2D eigenvalue weighted by atomic mass is 10.1. The van der Waals surface area contributed by atoms with Crippen LogP contribution in [0.25, 0.3) is 0 Å². The van der Waals surface area contributed by atoms with Crippen molar-refractivity contribution in [2.24, 2.45) is 5.73 Å². The topological polar surface area (TPSA) is 102 Å². The van der Waals surface area contributed by atoms with Gasteiger partial charge in [-0.3, -0.25) is 4.79 Å². The van der Waals surface area contributed by atoms with Crippen molar-refractivity contribution in [3.05, 3.63) is 28.2 Å². The Morgan fingerprint density at radius 3 is 2.80 bits per heavy atom. The van der Waals surface area contributed by atoms with Crippen LogP contribution in [-0.4, -0.2) is 36.7 Å². The average Bonchev–Trinajstić information content (AvgIpc) is 2.40. The Bertz CT molecular complexity index is 493. The van der Waals surface area contributed by atoms with Gasteiger partial charge in [0.2, 0.25) is 5.91 Å². The number of benzene rings is 1. The molecule has 0 spiro atoms. The highest BCUT2D eigenvalue weighted by Gasteiger charge is 2.18. The first-order chi connectivity index (χ1) is 9.47. The summed E-state index contributed by atoms with van der Waals surface area (Å²) in [5.74, 6) is -1.54. The van der Waals surface area contributed by atoms with E-state index in [1.54, 1.807) is 19.2 Å². The van der Waals surface area contributed by atoms with Gasteiger partial charge in [0.25, 0.3) is 0 Å². The molecule has 1 amide bonds. The molecule has 0 heterocycles. The molecule has 1 unspecified atom stereocenters. The van der Waals surface area contributed by atoms with Crippen LogP contribution < -0.4 is 11.1 Å². The summed E-state index contributed by atoms with van der Waals surface area (Å²) in [4.78, 5) is 23.1. The number of nitrogens with one attached hydrogen (secondary N) is 1. The van der Waals surface area contributed by atoms with Crippen LogP contribution in [0.2, 0.25) is 0 Å². The van der Waals surface area contributed by atoms with Crippen LogP contribution in [-0.2, 0) is 9.53 Å². The highest BCUT2D eigenvalue weighted by molar-refractivity contribution is 9.10. The number of aromatic carboxylic acids is 1. The molecule has 0 radical (unpaired) electrons. The first kappa shape index (κ1) is 16.6. The van der Waals surface area contributed by atoms with Gasteiger partial charge in [0.1, 0.15) is 0 Å². The minimum atomic E-state index is -1.12. The first-order valence-corrected chi connectivity index (χ1v) is 6.84. The quantitative estimate of drug-likeness (QED) is 0.655. The average molecular weight is 345 g/mol. The molecule has 0 saturated carbocycles. The summed E-state index contributed by atoms with van der Waals surface area (Å²) >= 11 is 3.22. The summed E-state index contributed by atoms with van der Waals surface area (Å²) in [5, 5.41) is 11.6. The number of carboxylic acids is 1. The molecule has 7 heteroatoms. The molecule has 0 aliphatic carbocycles. The normalized spacial score (nSPS) is 11.9. The smallest absolute Gasteiger partial charge is 0.337 e. The highest BCUT2D eigenvalue weighted by atomic mass is 79.9. The van der Waals surface area contributed by atoms with E-state index in [9.17, 15) is 9.59 Å². The molecular weight excluding hydrogens is 328 g/mol. The number of halogens is 1. The van der Waals surface area contributed by atoms with Crippen molar-refractivity contribution in [3.63, 3.8) is 0 Å². The number of hydrogen-bond donors (Lipinski definition) is 3. The number of hydrogen-bond acceptors (Lipinski definition) is 4. The number of rotatable bonds is 7. The van der Waals surface area contributed by atoms with E-state index in [1.807, 2.05) is 0 Å². The van der Waals surface area contributed by atoms with Crippen molar-refractivity contribution in [3.8, 4) is 0 Å². The molecule has 1 aromatic carbocycles. The molecule has 0 aliphatic heterocycles. The molecule has 0 fully saturated rings. The number of carbonyl (C=O) groups excluding carboxylic acids is 1. The van der Waals surface area contributed by atoms with Gasteiger partial charge >= 0.3 is 5.97 Å². The van der Waals surface area contributed by atoms with Gasteiger partial charge in [-0.25, -0.2) is 4.79 Å². The van der Waals surface area contributed by atoms with E-state index in [4.69, 9.17) is 15.6 Å². The third-order valence-electron chi connectivity index (χ3n) is 2.69. The zero-order chi connectivity index (χ0) is 15.1. The van der Waals surface area contributed by atoms with Crippen LogP contribution >= 0.6 is 15.9 Å². The fourth-order valence-electron chi connectivity index (χ4n) is 1.62. The molecule has 1 atom stereocenters. The number of methoxy groups -OCH3 is 1. The molecule has 20 heavy (non-hydrogen) atoms. The molecule has 1 rings (SSSR count). The van der Waals surface area contributed by atoms with E-state index >= 15 is 0 Å². The van der Waals surface area contributed by atoms with Gasteiger partial charge in [-0.15, -0.1) is 0 Å². The summed E-state index contributed by atoms with van der Waals surface area (Å²) in [6.07, 6.45) is 1.12. The van der Waals surface area contributed by atoms with Crippen LogP contribution in [0.1, 0.15) is 23.2 Å². The maximum absolute atomic E-state index is 11.9. The number of para-hydroxylation sites is 1. The lowest BCUT2D eigenvalue weighted by molar-refractivity contribution is -0.117. The molecule has 110 valence electrons. The van der Waals surface area contributed by atoms with Crippen molar-refractivity contribution in [2.45, 2.75) is 18.9 Å². The third kappa shape index (κ3) is 4.59. The number of amides is 1. The minimum Gasteiger partial charge on any atom is -0.478 e. The third-order valence-corrected chi connectivity index (χ3v) is 3.35. The lowest BCUT2D eigenvalue weighted by Gasteiger charge is -2.14. The predicted molar refractivity (Wildman–Crippen MR) is 78.8 cm³/mol. The van der Waals surface area contributed by atoms with Gasteiger partial charge in [-0.1, -0.05) is 6.07 Å². The van der Waals surface area contributed by atoms with E-state index in [0.717, 1.165) is 0 Å². The van der Waals surface area contributed by atoms with Crippen molar-refractivity contribution < 1.29 is 19.4 Å². The fourth-order valence-corrected chi connectivity index (χ4v) is 2.09. The largest absolute Gasteiger partial charge is 0.478 e. The van der Waals surface area contributed by atoms with Gasteiger partial charge in [-0.2, -0.15) is 0 Å². The van der Waals surface area contributed by atoms with Crippen LogP contribution in [0.5, 0.6) is 0 Å². The zero-order valence-corrected chi connectivity index (χ0v) is 12.6. The van der Waals surface area contributed by atoms with Gasteiger partial charge in [0.05, 0.1) is 17.3 Å². The summed E-state index contributed by atoms with van der Waals surface area (Å²) in [5.41, 5.74) is 5.98. The van der Waals surface area contributed by atoms with E-state index in [-0.39, 0.29) is 11.3 Å². The molecular formula is C13H17BrN2O4. The van der Waals surface area contributed by atoms with E-state index in [2.05, 4.69) is 21.2 Å². The maximum atomic E-state index is 11.9. The van der Waals surface area contributed by atoms with Crippen LogP contribution in [0.3, 0.4) is 0 Å². The number of anilines is 1. The van der Waals surface area contributed by atoms with Crippen LogP contribution in [0.15, 0.2) is 22.7 Å². The molecule has 0 aliphatic rings. The Hall–Kier alpha value is -1.44. The second kappa shape index (κ2) is 7.98. The van der Waals surface area contributed by atoms with Gasteiger partial charge < -0.3 is 20.9 Å². The highest BCUT2D eigenvalue weighted by Crippen LogP contribution is 2.26. The Balaban J connectivity index is 2.77. The molecule has 0 bridgehead atoms. The van der Waals surface area contributed by atoms with E-state index in [0.29, 0.717) is 23.9 Å². The molecule has 4 N–H and O–H groups in total. The SMILES string of the molecule is COCCCC(N)C(=O)Nc1c(Br)cccc1C(=O)O. The Labute approximate surface area is 125 Å². The Morgan fingerprint density at radius 1 is 1.50 bits per heavy atom. The van der Waals surface area contributed by atoms with Crippen LogP contribution in [0.4, 0.5) is 5.69 Å². The van der Waals surface area contributed by atoms with Gasteiger partial charge in [0, 0.05) is 18.2 Å². The van der Waals surface area contributed by atoms with Crippen LogP contribution in [0, 0.1) is 0 Å². The molecule has 0 saturated heterocycles. The van der Waals surface area contributed by atoms with Crippen molar-refractivity contribution >= 4 is 33.5 Å². The summed E-state index contributed by atoms with van der Waals surface area (Å²) in [7, 11) is 1.58. The Morgan fingerprint density at radius 2 is 2.20 bits per heavy atom.